The summed E-state index contributed by atoms with van der Waals surface area (Å²) in [5, 5.41) is 17.5. The number of anilines is 2. The van der Waals surface area contributed by atoms with Gasteiger partial charge in [-0.05, 0) is 61.5 Å². The molecular weight excluding hydrogens is 484 g/mol. The van der Waals surface area contributed by atoms with Crippen LogP contribution in [-0.4, -0.2) is 60.5 Å². The van der Waals surface area contributed by atoms with Crippen molar-refractivity contribution in [1.82, 2.24) is 20.8 Å². The summed E-state index contributed by atoms with van der Waals surface area (Å²) in [4.78, 5) is 21.5. The number of aromatic hydroxyl groups is 1. The van der Waals surface area contributed by atoms with Crippen molar-refractivity contribution >= 4 is 35.3 Å². The lowest BCUT2D eigenvalue weighted by molar-refractivity contribution is -0.102. The number of nitrogens with zero attached hydrogens (tertiary/aromatic N) is 3. The second kappa shape index (κ2) is 11.9. The first-order valence-corrected chi connectivity index (χ1v) is 12.5. The van der Waals surface area contributed by atoms with Crippen LogP contribution in [0.1, 0.15) is 29.4 Å². The monoisotopic (exact) mass is 514 g/mol. The number of piperazine rings is 1. The second-order valence-electron chi connectivity index (χ2n) is 8.81. The van der Waals surface area contributed by atoms with E-state index in [1.807, 2.05) is 44.2 Å². The Bertz CT molecular complexity index is 1410. The number of furan rings is 1. The zero-order valence-electron chi connectivity index (χ0n) is 21.4. The molecule has 10 heteroatoms. The Morgan fingerprint density at radius 3 is 2.95 bits per heavy atom. The van der Waals surface area contributed by atoms with Crippen LogP contribution in [0.5, 0.6) is 11.5 Å². The average Bonchev–Trinajstić information content (AvgIpc) is 3.47. The lowest BCUT2D eigenvalue weighted by Crippen LogP contribution is -2.43. The van der Waals surface area contributed by atoms with Crippen molar-refractivity contribution < 1.29 is 19.2 Å². The van der Waals surface area contributed by atoms with Crippen LogP contribution in [0.4, 0.5) is 17.4 Å². The number of aromatic nitrogens is 1. The fourth-order valence-corrected chi connectivity index (χ4v) is 4.14. The minimum absolute atomic E-state index is 0.0611. The minimum Gasteiger partial charge on any atom is -0.501 e. The first kappa shape index (κ1) is 25.5. The van der Waals surface area contributed by atoms with Gasteiger partial charge in [0.2, 0.25) is 11.6 Å². The summed E-state index contributed by atoms with van der Waals surface area (Å²) in [6, 6.07) is 9.62. The average molecular weight is 515 g/mol. The van der Waals surface area contributed by atoms with Crippen LogP contribution in [0.15, 0.2) is 45.9 Å². The molecule has 0 saturated carbocycles. The van der Waals surface area contributed by atoms with Gasteiger partial charge >= 0.3 is 0 Å². The molecule has 4 heterocycles. The summed E-state index contributed by atoms with van der Waals surface area (Å²) >= 11 is 0. The first-order chi connectivity index (χ1) is 18.6. The van der Waals surface area contributed by atoms with E-state index in [1.54, 1.807) is 18.5 Å². The Morgan fingerprint density at radius 2 is 2.13 bits per heavy atom. The summed E-state index contributed by atoms with van der Waals surface area (Å²) in [6.45, 7) is 8.96. The standard InChI is InChI=1S/C28H30N6O4/c1-3-36-33-38-26-25(35)24(17-21-18-31-27-22(21)7-4-10-30-27)37-28(26)32-23-9-8-20(16-19(23)2)6-5-13-34-14-11-29-12-15-34/h4,7-10,16-18,29,32-33,35H,3,11-15H2,1-2H3. The molecule has 2 aliphatic rings. The zero-order chi connectivity index (χ0) is 26.3. The number of rotatable bonds is 8. The number of fused-ring (bicyclic) bond motifs is 1. The fourth-order valence-electron chi connectivity index (χ4n) is 4.14. The van der Waals surface area contributed by atoms with Crippen molar-refractivity contribution in [2.75, 3.05) is 44.6 Å². The van der Waals surface area contributed by atoms with E-state index in [1.165, 1.54) is 0 Å². The molecule has 1 saturated heterocycles. The van der Waals surface area contributed by atoms with Crippen molar-refractivity contribution in [3.63, 3.8) is 0 Å². The van der Waals surface area contributed by atoms with Crippen molar-refractivity contribution in [2.24, 2.45) is 4.99 Å². The molecule has 0 spiro atoms. The number of hydrogen-bond acceptors (Lipinski definition) is 10. The van der Waals surface area contributed by atoms with Crippen molar-refractivity contribution in [1.29, 1.82) is 0 Å². The number of benzene rings is 1. The molecule has 0 unspecified atom stereocenters. The molecule has 4 N–H and O–H groups in total. The largest absolute Gasteiger partial charge is 0.501 e. The molecule has 0 aliphatic carbocycles. The molecule has 3 aromatic rings. The molecule has 2 aliphatic heterocycles. The van der Waals surface area contributed by atoms with Crippen molar-refractivity contribution in [3.05, 3.63) is 59.0 Å². The number of allylic oxidation sites excluding steroid dienone is 1. The van der Waals surface area contributed by atoms with Crippen LogP contribution in [0.2, 0.25) is 0 Å². The van der Waals surface area contributed by atoms with Gasteiger partial charge in [0, 0.05) is 61.0 Å². The van der Waals surface area contributed by atoms with E-state index in [9.17, 15) is 5.11 Å². The van der Waals surface area contributed by atoms with Crippen LogP contribution < -0.4 is 21.1 Å². The lowest BCUT2D eigenvalue weighted by Gasteiger charge is -2.24. The predicted molar refractivity (Wildman–Crippen MR) is 147 cm³/mol. The molecule has 1 fully saturated rings. The molecule has 0 atom stereocenters. The molecule has 0 radical (unpaired) electrons. The van der Waals surface area contributed by atoms with Gasteiger partial charge in [-0.1, -0.05) is 11.8 Å². The summed E-state index contributed by atoms with van der Waals surface area (Å²) in [7, 11) is 0. The van der Waals surface area contributed by atoms with Gasteiger partial charge < -0.3 is 25.0 Å². The third-order valence-corrected chi connectivity index (χ3v) is 6.14. The van der Waals surface area contributed by atoms with Crippen LogP contribution in [-0.2, 0) is 4.84 Å². The maximum Gasteiger partial charge on any atom is 0.255 e. The van der Waals surface area contributed by atoms with E-state index in [4.69, 9.17) is 14.1 Å². The van der Waals surface area contributed by atoms with Gasteiger partial charge in [-0.15, -0.1) is 0 Å². The summed E-state index contributed by atoms with van der Waals surface area (Å²) in [6.07, 6.45) is 5.05. The van der Waals surface area contributed by atoms with Gasteiger partial charge in [-0.25, -0.2) is 9.98 Å². The SMILES string of the molecule is CCONOc1c(Nc2ccc(C#CCN3CCNCC3)cc2C)oc(C=C2C=Nc3ncccc32)c1O. The Labute approximate surface area is 221 Å². The molecule has 196 valence electrons. The highest BCUT2D eigenvalue weighted by atomic mass is 16.9. The third-order valence-electron chi connectivity index (χ3n) is 6.14. The molecule has 2 aromatic heterocycles. The van der Waals surface area contributed by atoms with Crippen LogP contribution in [0.25, 0.3) is 11.6 Å². The molecule has 1 aromatic carbocycles. The van der Waals surface area contributed by atoms with Gasteiger partial charge in [-0.2, -0.15) is 0 Å². The highest BCUT2D eigenvalue weighted by Crippen LogP contribution is 2.44. The van der Waals surface area contributed by atoms with Gasteiger partial charge in [0.1, 0.15) is 0 Å². The number of hydrogen-bond donors (Lipinski definition) is 4. The topological polar surface area (TPSA) is 116 Å². The maximum absolute atomic E-state index is 10.9. The van der Waals surface area contributed by atoms with Crippen LogP contribution >= 0.6 is 0 Å². The Hall–Kier alpha value is -4.14. The summed E-state index contributed by atoms with van der Waals surface area (Å²) in [5.41, 5.74) is 6.64. The summed E-state index contributed by atoms with van der Waals surface area (Å²) in [5.74, 6) is 7.42. The molecule has 0 bridgehead atoms. The number of nitrogens with one attached hydrogen (secondary N) is 3. The summed E-state index contributed by atoms with van der Waals surface area (Å²) < 4.78 is 6.00. The van der Waals surface area contributed by atoms with E-state index in [0.29, 0.717) is 12.4 Å². The normalized spacial score (nSPS) is 15.8. The zero-order valence-corrected chi connectivity index (χ0v) is 21.4. The molecule has 10 nitrogen and oxygen atoms in total. The van der Waals surface area contributed by atoms with Crippen molar-refractivity contribution in [2.45, 2.75) is 13.8 Å². The van der Waals surface area contributed by atoms with E-state index in [-0.39, 0.29) is 23.1 Å². The van der Waals surface area contributed by atoms with E-state index in [2.05, 4.69) is 43.0 Å². The van der Waals surface area contributed by atoms with E-state index >= 15 is 0 Å². The van der Waals surface area contributed by atoms with Gasteiger partial charge in [0.25, 0.3) is 5.75 Å². The lowest BCUT2D eigenvalue weighted by atomic mass is 10.1. The quantitative estimate of drug-likeness (QED) is 0.202. The Balaban J connectivity index is 1.37. The smallest absolute Gasteiger partial charge is 0.255 e. The maximum atomic E-state index is 10.9. The Kier molecular flexibility index (Phi) is 8.01. The second-order valence-corrected chi connectivity index (χ2v) is 8.81. The fraction of sp³-hybridized carbons (Fsp3) is 0.286. The number of aryl methyl sites for hydroxylation is 1. The number of pyridine rings is 1. The van der Waals surface area contributed by atoms with Crippen LogP contribution in [0.3, 0.4) is 0 Å². The van der Waals surface area contributed by atoms with Gasteiger partial charge in [0.05, 0.1) is 13.2 Å². The third kappa shape index (κ3) is 5.88. The predicted octanol–water partition coefficient (Wildman–Crippen LogP) is 3.78. The minimum atomic E-state index is -0.189. The van der Waals surface area contributed by atoms with Crippen molar-refractivity contribution in [3.8, 4) is 23.3 Å². The highest BCUT2D eigenvalue weighted by molar-refractivity contribution is 6.20. The van der Waals surface area contributed by atoms with E-state index < -0.39 is 0 Å². The highest BCUT2D eigenvalue weighted by Gasteiger charge is 2.24. The molecular formula is C28H30N6O4. The Morgan fingerprint density at radius 1 is 1.26 bits per heavy atom. The molecule has 0 amide bonds. The van der Waals surface area contributed by atoms with Crippen LogP contribution in [0, 0.1) is 18.8 Å². The van der Waals surface area contributed by atoms with Gasteiger partial charge in [0.15, 0.2) is 11.6 Å². The molecule has 5 rings (SSSR count). The van der Waals surface area contributed by atoms with Gasteiger partial charge in [-0.3, -0.25) is 9.74 Å². The number of aliphatic imine (C=N–C) groups is 1. The van der Waals surface area contributed by atoms with E-state index in [0.717, 1.165) is 60.7 Å². The first-order valence-electron chi connectivity index (χ1n) is 12.5. The molecule has 38 heavy (non-hydrogen) atoms.